The molecule has 1 aromatic rings. The summed E-state index contributed by atoms with van der Waals surface area (Å²) >= 11 is 0. The van der Waals surface area contributed by atoms with Crippen LogP contribution >= 0.6 is 0 Å². The SMILES string of the molecule is CN(C)CC1CCCCC1(O)c1ccncc1. The zero-order valence-corrected chi connectivity index (χ0v) is 10.8. The van der Waals surface area contributed by atoms with E-state index >= 15 is 0 Å². The topological polar surface area (TPSA) is 36.4 Å². The van der Waals surface area contributed by atoms with Gasteiger partial charge in [-0.1, -0.05) is 12.8 Å². The molecule has 0 saturated heterocycles. The van der Waals surface area contributed by atoms with Crippen molar-refractivity contribution in [2.45, 2.75) is 31.3 Å². The van der Waals surface area contributed by atoms with E-state index < -0.39 is 5.60 Å². The molecule has 0 radical (unpaired) electrons. The van der Waals surface area contributed by atoms with E-state index in [0.717, 1.165) is 31.4 Å². The summed E-state index contributed by atoms with van der Waals surface area (Å²) in [6.45, 7) is 0.943. The molecule has 94 valence electrons. The lowest BCUT2D eigenvalue weighted by atomic mass is 9.71. The van der Waals surface area contributed by atoms with Gasteiger partial charge in [-0.05, 0) is 44.6 Å². The fraction of sp³-hybridized carbons (Fsp3) is 0.643. The second kappa shape index (κ2) is 5.15. The summed E-state index contributed by atoms with van der Waals surface area (Å²) in [5.74, 6) is 0.327. The lowest BCUT2D eigenvalue weighted by molar-refractivity contribution is -0.0619. The molecule has 1 heterocycles. The summed E-state index contributed by atoms with van der Waals surface area (Å²) in [7, 11) is 4.14. The molecule has 3 nitrogen and oxygen atoms in total. The Labute approximate surface area is 103 Å². The van der Waals surface area contributed by atoms with Crippen LogP contribution in [0.2, 0.25) is 0 Å². The first-order valence-corrected chi connectivity index (χ1v) is 6.40. The van der Waals surface area contributed by atoms with Gasteiger partial charge in [0.2, 0.25) is 0 Å². The predicted molar refractivity (Wildman–Crippen MR) is 68.6 cm³/mol. The van der Waals surface area contributed by atoms with Gasteiger partial charge < -0.3 is 10.0 Å². The van der Waals surface area contributed by atoms with Gasteiger partial charge in [-0.15, -0.1) is 0 Å². The summed E-state index contributed by atoms with van der Waals surface area (Å²) in [6, 6.07) is 3.90. The van der Waals surface area contributed by atoms with Gasteiger partial charge in [-0.25, -0.2) is 0 Å². The molecule has 1 saturated carbocycles. The van der Waals surface area contributed by atoms with Crippen molar-refractivity contribution < 1.29 is 5.11 Å². The van der Waals surface area contributed by atoms with Gasteiger partial charge in [-0.3, -0.25) is 4.98 Å². The second-order valence-corrected chi connectivity index (χ2v) is 5.37. The molecule has 2 rings (SSSR count). The van der Waals surface area contributed by atoms with E-state index in [2.05, 4.69) is 24.0 Å². The van der Waals surface area contributed by atoms with E-state index in [4.69, 9.17) is 0 Å². The van der Waals surface area contributed by atoms with Crippen LogP contribution in [0.1, 0.15) is 31.2 Å². The minimum Gasteiger partial charge on any atom is -0.385 e. The molecule has 0 bridgehead atoms. The third-order valence-electron chi connectivity index (χ3n) is 3.80. The Kier molecular flexibility index (Phi) is 3.79. The van der Waals surface area contributed by atoms with Crippen LogP contribution < -0.4 is 0 Å². The first-order valence-electron chi connectivity index (χ1n) is 6.40. The Morgan fingerprint density at radius 1 is 1.35 bits per heavy atom. The molecule has 1 aromatic heterocycles. The van der Waals surface area contributed by atoms with Gasteiger partial charge in [0.25, 0.3) is 0 Å². The Morgan fingerprint density at radius 2 is 2.06 bits per heavy atom. The van der Waals surface area contributed by atoms with E-state index in [1.165, 1.54) is 6.42 Å². The van der Waals surface area contributed by atoms with Crippen LogP contribution in [0, 0.1) is 5.92 Å². The minimum absolute atomic E-state index is 0.327. The average Bonchev–Trinajstić information content (AvgIpc) is 2.33. The Bertz CT molecular complexity index is 352. The van der Waals surface area contributed by atoms with Gasteiger partial charge in [-0.2, -0.15) is 0 Å². The van der Waals surface area contributed by atoms with Crippen molar-refractivity contribution in [1.82, 2.24) is 9.88 Å². The van der Waals surface area contributed by atoms with Crippen LogP contribution in [0.25, 0.3) is 0 Å². The van der Waals surface area contributed by atoms with E-state index in [1.807, 2.05) is 12.1 Å². The molecular formula is C14H22N2O. The number of nitrogens with zero attached hydrogens (tertiary/aromatic N) is 2. The van der Waals surface area contributed by atoms with Crippen LogP contribution in [-0.4, -0.2) is 35.6 Å². The summed E-state index contributed by atoms with van der Waals surface area (Å²) in [5.41, 5.74) is 0.366. The van der Waals surface area contributed by atoms with Gasteiger partial charge in [0, 0.05) is 24.9 Å². The molecular weight excluding hydrogens is 212 g/mol. The highest BCUT2D eigenvalue weighted by Gasteiger charge is 2.40. The van der Waals surface area contributed by atoms with Gasteiger partial charge >= 0.3 is 0 Å². The summed E-state index contributed by atoms with van der Waals surface area (Å²) in [4.78, 5) is 6.20. The highest BCUT2D eigenvalue weighted by Crippen LogP contribution is 2.41. The molecule has 1 aliphatic rings. The number of hydrogen-bond acceptors (Lipinski definition) is 3. The van der Waals surface area contributed by atoms with Crippen LogP contribution in [0.15, 0.2) is 24.5 Å². The number of pyridine rings is 1. The zero-order chi connectivity index (χ0) is 12.3. The average molecular weight is 234 g/mol. The van der Waals surface area contributed by atoms with E-state index in [0.29, 0.717) is 5.92 Å². The highest BCUT2D eigenvalue weighted by atomic mass is 16.3. The van der Waals surface area contributed by atoms with Gasteiger partial charge in [0.05, 0.1) is 5.60 Å². The van der Waals surface area contributed by atoms with E-state index in [9.17, 15) is 5.11 Å². The molecule has 1 N–H and O–H groups in total. The minimum atomic E-state index is -0.661. The monoisotopic (exact) mass is 234 g/mol. The van der Waals surface area contributed by atoms with E-state index in [1.54, 1.807) is 12.4 Å². The van der Waals surface area contributed by atoms with Crippen LogP contribution in [-0.2, 0) is 5.60 Å². The normalized spacial score (nSPS) is 29.5. The fourth-order valence-electron chi connectivity index (χ4n) is 2.93. The van der Waals surface area contributed by atoms with Crippen molar-refractivity contribution in [3.63, 3.8) is 0 Å². The Morgan fingerprint density at radius 3 is 2.71 bits per heavy atom. The van der Waals surface area contributed by atoms with Crippen molar-refractivity contribution in [2.75, 3.05) is 20.6 Å². The third kappa shape index (κ3) is 2.67. The number of aliphatic hydroxyl groups is 1. The quantitative estimate of drug-likeness (QED) is 0.869. The van der Waals surface area contributed by atoms with Crippen LogP contribution in [0.4, 0.5) is 0 Å². The van der Waals surface area contributed by atoms with Crippen molar-refractivity contribution >= 4 is 0 Å². The second-order valence-electron chi connectivity index (χ2n) is 5.37. The lowest BCUT2D eigenvalue weighted by Crippen LogP contribution is -2.43. The van der Waals surface area contributed by atoms with Crippen molar-refractivity contribution in [1.29, 1.82) is 0 Å². The summed E-state index contributed by atoms with van der Waals surface area (Å²) < 4.78 is 0. The van der Waals surface area contributed by atoms with Crippen molar-refractivity contribution in [2.24, 2.45) is 5.92 Å². The molecule has 0 amide bonds. The molecule has 0 aromatic carbocycles. The first kappa shape index (κ1) is 12.5. The van der Waals surface area contributed by atoms with Crippen LogP contribution in [0.3, 0.4) is 0 Å². The number of aromatic nitrogens is 1. The third-order valence-corrected chi connectivity index (χ3v) is 3.80. The van der Waals surface area contributed by atoms with Gasteiger partial charge in [0.15, 0.2) is 0 Å². The molecule has 2 atom stereocenters. The standard InChI is InChI=1S/C14H22N2O/c1-16(2)11-13-5-3-4-8-14(13,17)12-6-9-15-10-7-12/h6-7,9-10,13,17H,3-5,8,11H2,1-2H3. The van der Waals surface area contributed by atoms with Crippen molar-refractivity contribution in [3.05, 3.63) is 30.1 Å². The maximum Gasteiger partial charge on any atom is 0.0937 e. The molecule has 3 heteroatoms. The van der Waals surface area contributed by atoms with Gasteiger partial charge in [0.1, 0.15) is 0 Å². The highest BCUT2D eigenvalue weighted by molar-refractivity contribution is 5.21. The molecule has 1 aliphatic carbocycles. The Hall–Kier alpha value is -0.930. The predicted octanol–water partition coefficient (Wildman–Crippen LogP) is 2.02. The Balaban J connectivity index is 2.25. The molecule has 0 spiro atoms. The molecule has 0 aliphatic heterocycles. The number of rotatable bonds is 3. The lowest BCUT2D eigenvalue weighted by Gasteiger charge is -2.41. The van der Waals surface area contributed by atoms with Crippen LogP contribution in [0.5, 0.6) is 0 Å². The number of hydrogen-bond donors (Lipinski definition) is 1. The van der Waals surface area contributed by atoms with E-state index in [-0.39, 0.29) is 0 Å². The molecule has 2 unspecified atom stereocenters. The largest absolute Gasteiger partial charge is 0.385 e. The first-order chi connectivity index (χ1) is 8.13. The summed E-state index contributed by atoms with van der Waals surface area (Å²) in [5, 5.41) is 11.0. The van der Waals surface area contributed by atoms with Crippen molar-refractivity contribution in [3.8, 4) is 0 Å². The maximum absolute atomic E-state index is 11.0. The zero-order valence-electron chi connectivity index (χ0n) is 10.8. The fourth-order valence-corrected chi connectivity index (χ4v) is 2.93. The smallest absolute Gasteiger partial charge is 0.0937 e. The molecule has 1 fully saturated rings. The molecule has 17 heavy (non-hydrogen) atoms. The maximum atomic E-state index is 11.0. The summed E-state index contributed by atoms with van der Waals surface area (Å²) in [6.07, 6.45) is 7.87.